The van der Waals surface area contributed by atoms with Gasteiger partial charge in [0.05, 0.1) is 0 Å². The Kier molecular flexibility index (Phi) is 4.39. The molecule has 1 aliphatic heterocycles. The molecule has 6 heteroatoms. The molecule has 122 valence electrons. The Morgan fingerprint density at radius 1 is 1.39 bits per heavy atom. The first kappa shape index (κ1) is 15.5. The normalized spacial score (nSPS) is 21.7. The molecular formula is C17H21BrN4S. The molecule has 0 amide bonds. The number of rotatable bonds is 5. The summed E-state index contributed by atoms with van der Waals surface area (Å²) in [5.74, 6) is 2.72. The first-order valence-corrected chi connectivity index (χ1v) is 9.87. The Labute approximate surface area is 149 Å². The number of aromatic nitrogens is 2. The number of likely N-dealkylation sites (N-methyl/N-ethyl adjacent to an activating group) is 1. The number of anilines is 1. The SMILES string of the molecule is CN(c1ccnc(C2CC2)n1)C1CCN(Cc2cc(Br)cs2)C1. The highest BCUT2D eigenvalue weighted by molar-refractivity contribution is 9.10. The van der Waals surface area contributed by atoms with Crippen LogP contribution in [0.2, 0.25) is 0 Å². The van der Waals surface area contributed by atoms with Crippen LogP contribution in [0.1, 0.15) is 35.9 Å². The van der Waals surface area contributed by atoms with Crippen molar-refractivity contribution in [2.45, 2.75) is 37.8 Å². The van der Waals surface area contributed by atoms with E-state index < -0.39 is 0 Å². The molecule has 2 aliphatic rings. The van der Waals surface area contributed by atoms with E-state index in [-0.39, 0.29) is 0 Å². The summed E-state index contributed by atoms with van der Waals surface area (Å²) in [5.41, 5.74) is 0. The van der Waals surface area contributed by atoms with Crippen molar-refractivity contribution in [2.24, 2.45) is 0 Å². The molecule has 1 atom stereocenters. The van der Waals surface area contributed by atoms with Crippen molar-refractivity contribution >= 4 is 33.1 Å². The molecular weight excluding hydrogens is 372 g/mol. The van der Waals surface area contributed by atoms with Crippen LogP contribution in [0.25, 0.3) is 0 Å². The molecule has 2 fully saturated rings. The second-order valence-electron chi connectivity index (χ2n) is 6.57. The molecule has 23 heavy (non-hydrogen) atoms. The van der Waals surface area contributed by atoms with Crippen LogP contribution in [-0.2, 0) is 6.54 Å². The molecule has 1 saturated carbocycles. The number of hydrogen-bond acceptors (Lipinski definition) is 5. The predicted molar refractivity (Wildman–Crippen MR) is 98.1 cm³/mol. The molecule has 0 bridgehead atoms. The molecule has 2 aromatic heterocycles. The fourth-order valence-electron chi connectivity index (χ4n) is 3.21. The quantitative estimate of drug-likeness (QED) is 0.772. The van der Waals surface area contributed by atoms with Crippen molar-refractivity contribution in [1.29, 1.82) is 0 Å². The van der Waals surface area contributed by atoms with Crippen LogP contribution in [-0.4, -0.2) is 41.0 Å². The topological polar surface area (TPSA) is 32.3 Å². The summed E-state index contributed by atoms with van der Waals surface area (Å²) in [7, 11) is 2.18. The van der Waals surface area contributed by atoms with E-state index in [1.54, 1.807) is 0 Å². The lowest BCUT2D eigenvalue weighted by atomic mass is 10.2. The van der Waals surface area contributed by atoms with Gasteiger partial charge >= 0.3 is 0 Å². The summed E-state index contributed by atoms with van der Waals surface area (Å²) < 4.78 is 1.19. The number of hydrogen-bond donors (Lipinski definition) is 0. The fourth-order valence-corrected chi connectivity index (χ4v) is 4.71. The van der Waals surface area contributed by atoms with Gasteiger partial charge in [-0.2, -0.15) is 0 Å². The maximum Gasteiger partial charge on any atom is 0.133 e. The molecule has 2 aromatic rings. The van der Waals surface area contributed by atoms with Gasteiger partial charge in [-0.3, -0.25) is 4.90 Å². The highest BCUT2D eigenvalue weighted by atomic mass is 79.9. The van der Waals surface area contributed by atoms with Crippen LogP contribution in [0, 0.1) is 0 Å². The van der Waals surface area contributed by atoms with Crippen molar-refractivity contribution < 1.29 is 0 Å². The Hall–Kier alpha value is -0.980. The van der Waals surface area contributed by atoms with Crippen molar-refractivity contribution in [1.82, 2.24) is 14.9 Å². The van der Waals surface area contributed by atoms with E-state index in [0.717, 1.165) is 31.3 Å². The smallest absolute Gasteiger partial charge is 0.133 e. The molecule has 0 spiro atoms. The maximum atomic E-state index is 4.78. The van der Waals surface area contributed by atoms with Gasteiger partial charge in [0.1, 0.15) is 11.6 Å². The zero-order valence-electron chi connectivity index (χ0n) is 13.3. The first-order chi connectivity index (χ1) is 11.2. The van der Waals surface area contributed by atoms with Gasteiger partial charge in [0.25, 0.3) is 0 Å². The van der Waals surface area contributed by atoms with Gasteiger partial charge in [-0.15, -0.1) is 11.3 Å². The Morgan fingerprint density at radius 3 is 3.00 bits per heavy atom. The summed E-state index contributed by atoms with van der Waals surface area (Å²) in [6, 6.07) is 4.82. The van der Waals surface area contributed by atoms with Crippen molar-refractivity contribution in [3.63, 3.8) is 0 Å². The molecule has 0 radical (unpaired) electrons. The molecule has 0 N–H and O–H groups in total. The molecule has 0 aromatic carbocycles. The van der Waals surface area contributed by atoms with E-state index in [2.05, 4.69) is 49.2 Å². The Morgan fingerprint density at radius 2 is 2.26 bits per heavy atom. The van der Waals surface area contributed by atoms with Crippen LogP contribution >= 0.6 is 27.3 Å². The number of likely N-dealkylation sites (tertiary alicyclic amines) is 1. The Bertz CT molecular complexity index is 685. The third-order valence-electron chi connectivity index (χ3n) is 4.76. The van der Waals surface area contributed by atoms with Crippen molar-refractivity contribution in [2.75, 3.05) is 25.0 Å². The first-order valence-electron chi connectivity index (χ1n) is 8.20. The van der Waals surface area contributed by atoms with Gasteiger partial charge in [0.15, 0.2) is 0 Å². The number of halogens is 1. The van der Waals surface area contributed by atoms with Gasteiger partial charge in [0.2, 0.25) is 0 Å². The second-order valence-corrected chi connectivity index (χ2v) is 8.48. The van der Waals surface area contributed by atoms with Gasteiger partial charge in [-0.25, -0.2) is 9.97 Å². The molecule has 4 rings (SSSR count). The van der Waals surface area contributed by atoms with Crippen LogP contribution in [0.15, 0.2) is 28.2 Å². The lowest BCUT2D eigenvalue weighted by Gasteiger charge is -2.26. The summed E-state index contributed by atoms with van der Waals surface area (Å²) in [6.07, 6.45) is 5.62. The predicted octanol–water partition coefficient (Wildman–Crippen LogP) is 3.89. The van der Waals surface area contributed by atoms with E-state index in [1.807, 2.05) is 23.6 Å². The summed E-state index contributed by atoms with van der Waals surface area (Å²) in [6.45, 7) is 3.32. The lowest BCUT2D eigenvalue weighted by molar-refractivity contribution is 0.328. The highest BCUT2D eigenvalue weighted by Crippen LogP contribution is 2.38. The third-order valence-corrected chi connectivity index (χ3v) is 6.44. The molecule has 4 nitrogen and oxygen atoms in total. The van der Waals surface area contributed by atoms with E-state index >= 15 is 0 Å². The maximum absolute atomic E-state index is 4.78. The fraction of sp³-hybridized carbons (Fsp3) is 0.529. The van der Waals surface area contributed by atoms with Gasteiger partial charge in [-0.1, -0.05) is 0 Å². The van der Waals surface area contributed by atoms with Crippen molar-refractivity contribution in [3.05, 3.63) is 38.9 Å². The standard InChI is InChI=1S/C17H21BrN4S/c1-21(16-4-6-19-17(20-16)12-2-3-12)14-5-7-22(9-14)10-15-8-13(18)11-23-15/h4,6,8,11-12,14H,2-3,5,7,9-10H2,1H3. The molecule has 1 aliphatic carbocycles. The number of nitrogens with zero attached hydrogens (tertiary/aromatic N) is 4. The summed E-state index contributed by atoms with van der Waals surface area (Å²) in [5, 5.41) is 2.16. The third kappa shape index (κ3) is 3.59. The summed E-state index contributed by atoms with van der Waals surface area (Å²) in [4.78, 5) is 15.5. The lowest BCUT2D eigenvalue weighted by Crippen LogP contribution is -2.35. The van der Waals surface area contributed by atoms with Gasteiger partial charge in [-0.05, 0) is 47.3 Å². The van der Waals surface area contributed by atoms with Crippen LogP contribution in [0.4, 0.5) is 5.82 Å². The minimum absolute atomic E-state index is 0.542. The van der Waals surface area contributed by atoms with Gasteiger partial charge < -0.3 is 4.90 Å². The zero-order chi connectivity index (χ0) is 15.8. The van der Waals surface area contributed by atoms with Crippen LogP contribution in [0.3, 0.4) is 0 Å². The average molecular weight is 393 g/mol. The van der Waals surface area contributed by atoms with Crippen molar-refractivity contribution in [3.8, 4) is 0 Å². The van der Waals surface area contributed by atoms with E-state index in [1.165, 1.54) is 28.6 Å². The zero-order valence-corrected chi connectivity index (χ0v) is 15.7. The van der Waals surface area contributed by atoms with Gasteiger partial charge in [0, 0.05) is 59.6 Å². The minimum atomic E-state index is 0.542. The Balaban J connectivity index is 1.39. The monoisotopic (exact) mass is 392 g/mol. The van der Waals surface area contributed by atoms with Crippen LogP contribution in [0.5, 0.6) is 0 Å². The average Bonchev–Trinajstić information content (AvgIpc) is 3.19. The van der Waals surface area contributed by atoms with E-state index in [4.69, 9.17) is 4.98 Å². The number of thiophene rings is 1. The molecule has 3 heterocycles. The minimum Gasteiger partial charge on any atom is -0.355 e. The highest BCUT2D eigenvalue weighted by Gasteiger charge is 2.29. The second kappa shape index (κ2) is 6.49. The molecule has 1 unspecified atom stereocenters. The largest absolute Gasteiger partial charge is 0.355 e. The summed E-state index contributed by atoms with van der Waals surface area (Å²) >= 11 is 5.37. The van der Waals surface area contributed by atoms with E-state index in [9.17, 15) is 0 Å². The molecule has 1 saturated heterocycles. The van der Waals surface area contributed by atoms with E-state index in [0.29, 0.717) is 12.0 Å². The van der Waals surface area contributed by atoms with Crippen LogP contribution < -0.4 is 4.90 Å².